The Balaban J connectivity index is 2.03. The highest BCUT2D eigenvalue weighted by Gasteiger charge is 2.17. The van der Waals surface area contributed by atoms with Crippen LogP contribution in [0.2, 0.25) is 5.02 Å². The maximum atomic E-state index is 13.6. The van der Waals surface area contributed by atoms with E-state index in [1.807, 2.05) is 0 Å². The third kappa shape index (κ3) is 3.13. The third-order valence-electron chi connectivity index (χ3n) is 3.09. The number of hydrogen-bond acceptors (Lipinski definition) is 1. The first-order valence-electron chi connectivity index (χ1n) is 6.18. The quantitative estimate of drug-likeness (QED) is 0.825. The zero-order valence-corrected chi connectivity index (χ0v) is 10.8. The van der Waals surface area contributed by atoms with Crippen LogP contribution in [-0.4, -0.2) is 24.0 Å². The van der Waals surface area contributed by atoms with Gasteiger partial charge in [0.05, 0.1) is 10.7 Å². The van der Waals surface area contributed by atoms with E-state index in [9.17, 15) is 9.18 Å². The highest BCUT2D eigenvalue weighted by molar-refractivity contribution is 6.31. The smallest absolute Gasteiger partial charge is 0.321 e. The number of carbonyl (C=O) groups is 1. The van der Waals surface area contributed by atoms with E-state index in [1.165, 1.54) is 12.1 Å². The number of rotatable bonds is 1. The van der Waals surface area contributed by atoms with Gasteiger partial charge < -0.3 is 10.2 Å². The number of likely N-dealkylation sites (tertiary alicyclic amines) is 1. The molecule has 2 amide bonds. The second-order valence-electron chi connectivity index (χ2n) is 4.43. The Kier molecular flexibility index (Phi) is 4.42. The number of nitrogens with one attached hydrogen (secondary N) is 1. The molecule has 1 heterocycles. The Labute approximate surface area is 111 Å². The van der Waals surface area contributed by atoms with Crippen LogP contribution in [0, 0.1) is 5.82 Å². The lowest BCUT2D eigenvalue weighted by atomic mass is 10.2. The van der Waals surface area contributed by atoms with Crippen molar-refractivity contribution in [1.82, 2.24) is 4.90 Å². The molecule has 1 aromatic carbocycles. The van der Waals surface area contributed by atoms with Gasteiger partial charge in [-0.05, 0) is 25.0 Å². The highest BCUT2D eigenvalue weighted by atomic mass is 35.5. The minimum atomic E-state index is -0.581. The fourth-order valence-corrected chi connectivity index (χ4v) is 2.24. The molecule has 1 saturated heterocycles. The molecule has 5 heteroatoms. The molecule has 3 nitrogen and oxygen atoms in total. The molecule has 0 radical (unpaired) electrons. The van der Waals surface area contributed by atoms with Crippen molar-refractivity contribution in [1.29, 1.82) is 0 Å². The molecule has 0 aliphatic carbocycles. The molecular weight excluding hydrogens is 255 g/mol. The normalized spacial score (nSPS) is 16.2. The number of benzene rings is 1. The van der Waals surface area contributed by atoms with Gasteiger partial charge >= 0.3 is 6.03 Å². The monoisotopic (exact) mass is 270 g/mol. The van der Waals surface area contributed by atoms with Gasteiger partial charge in [-0.25, -0.2) is 9.18 Å². The van der Waals surface area contributed by atoms with Gasteiger partial charge in [0, 0.05) is 13.1 Å². The standard InChI is InChI=1S/C13H16ClFN2O/c14-10-6-5-7-11(12(10)15)16-13(18)17-8-3-1-2-4-9-17/h5-7H,1-4,8-9H2,(H,16,18). The van der Waals surface area contributed by atoms with E-state index < -0.39 is 5.82 Å². The van der Waals surface area contributed by atoms with Crippen LogP contribution in [0.5, 0.6) is 0 Å². The average Bonchev–Trinajstić information content (AvgIpc) is 2.63. The minimum Gasteiger partial charge on any atom is -0.325 e. The number of nitrogens with zero attached hydrogens (tertiary/aromatic N) is 1. The molecular formula is C13H16ClFN2O. The molecule has 98 valence electrons. The predicted molar refractivity (Wildman–Crippen MR) is 70.5 cm³/mol. The average molecular weight is 271 g/mol. The van der Waals surface area contributed by atoms with Gasteiger partial charge in [0.2, 0.25) is 0 Å². The Hall–Kier alpha value is -1.29. The second kappa shape index (κ2) is 6.05. The molecule has 0 bridgehead atoms. The molecule has 1 N–H and O–H groups in total. The molecule has 0 unspecified atom stereocenters. The first-order valence-corrected chi connectivity index (χ1v) is 6.56. The molecule has 0 saturated carbocycles. The molecule has 1 aliphatic rings. The molecule has 18 heavy (non-hydrogen) atoms. The van der Waals surface area contributed by atoms with Crippen molar-refractivity contribution in [3.05, 3.63) is 29.0 Å². The van der Waals surface area contributed by atoms with Gasteiger partial charge in [0.25, 0.3) is 0 Å². The Bertz CT molecular complexity index is 431. The van der Waals surface area contributed by atoms with E-state index >= 15 is 0 Å². The van der Waals surface area contributed by atoms with E-state index in [-0.39, 0.29) is 16.7 Å². The van der Waals surface area contributed by atoms with Crippen molar-refractivity contribution in [2.45, 2.75) is 25.7 Å². The van der Waals surface area contributed by atoms with Crippen LogP contribution >= 0.6 is 11.6 Å². The number of urea groups is 1. The van der Waals surface area contributed by atoms with Crippen molar-refractivity contribution in [3.63, 3.8) is 0 Å². The fraction of sp³-hybridized carbons (Fsp3) is 0.462. The van der Waals surface area contributed by atoms with Gasteiger partial charge in [-0.3, -0.25) is 0 Å². The summed E-state index contributed by atoms with van der Waals surface area (Å²) in [6.45, 7) is 1.46. The zero-order chi connectivity index (χ0) is 13.0. The van der Waals surface area contributed by atoms with Crippen LogP contribution in [0.25, 0.3) is 0 Å². The van der Waals surface area contributed by atoms with Crippen LogP contribution in [0.15, 0.2) is 18.2 Å². The predicted octanol–water partition coefficient (Wildman–Crippen LogP) is 3.89. The minimum absolute atomic E-state index is 0.0173. The summed E-state index contributed by atoms with van der Waals surface area (Å²) in [5, 5.41) is 2.59. The topological polar surface area (TPSA) is 32.3 Å². The van der Waals surface area contributed by atoms with Crippen molar-refractivity contribution < 1.29 is 9.18 Å². The summed E-state index contributed by atoms with van der Waals surface area (Å²) in [6.07, 6.45) is 4.31. The molecule has 0 atom stereocenters. The molecule has 0 spiro atoms. The van der Waals surface area contributed by atoms with Crippen LogP contribution in [0.4, 0.5) is 14.9 Å². The lowest BCUT2D eigenvalue weighted by Gasteiger charge is -2.21. The van der Waals surface area contributed by atoms with Crippen LogP contribution in [0.1, 0.15) is 25.7 Å². The Morgan fingerprint density at radius 1 is 1.22 bits per heavy atom. The van der Waals surface area contributed by atoms with Gasteiger partial charge in [-0.2, -0.15) is 0 Å². The first kappa shape index (κ1) is 13.1. The van der Waals surface area contributed by atoms with E-state index in [1.54, 1.807) is 11.0 Å². The van der Waals surface area contributed by atoms with Gasteiger partial charge in [0.1, 0.15) is 0 Å². The zero-order valence-electron chi connectivity index (χ0n) is 10.1. The van der Waals surface area contributed by atoms with E-state index in [2.05, 4.69) is 5.32 Å². The highest BCUT2D eigenvalue weighted by Crippen LogP contribution is 2.22. The van der Waals surface area contributed by atoms with Crippen molar-refractivity contribution in [2.24, 2.45) is 0 Å². The van der Waals surface area contributed by atoms with E-state index in [0.29, 0.717) is 0 Å². The van der Waals surface area contributed by atoms with Crippen molar-refractivity contribution >= 4 is 23.3 Å². The number of anilines is 1. The van der Waals surface area contributed by atoms with Crippen molar-refractivity contribution in [3.8, 4) is 0 Å². The van der Waals surface area contributed by atoms with Crippen LogP contribution < -0.4 is 5.32 Å². The summed E-state index contributed by atoms with van der Waals surface area (Å²) in [4.78, 5) is 13.7. The third-order valence-corrected chi connectivity index (χ3v) is 3.38. The van der Waals surface area contributed by atoms with Gasteiger partial charge in [-0.1, -0.05) is 30.5 Å². The lowest BCUT2D eigenvalue weighted by Crippen LogP contribution is -2.35. The lowest BCUT2D eigenvalue weighted by molar-refractivity contribution is 0.213. The fourth-order valence-electron chi connectivity index (χ4n) is 2.07. The number of hydrogen-bond donors (Lipinski definition) is 1. The Morgan fingerprint density at radius 3 is 2.56 bits per heavy atom. The van der Waals surface area contributed by atoms with E-state index in [4.69, 9.17) is 11.6 Å². The first-order chi connectivity index (χ1) is 8.68. The summed E-state index contributed by atoms with van der Waals surface area (Å²) in [7, 11) is 0. The summed E-state index contributed by atoms with van der Waals surface area (Å²) >= 11 is 5.67. The number of carbonyl (C=O) groups excluding carboxylic acids is 1. The van der Waals surface area contributed by atoms with Gasteiger partial charge in [-0.15, -0.1) is 0 Å². The van der Waals surface area contributed by atoms with Crippen molar-refractivity contribution in [2.75, 3.05) is 18.4 Å². The number of amides is 2. The molecule has 1 aromatic rings. The molecule has 2 rings (SSSR count). The van der Waals surface area contributed by atoms with E-state index in [0.717, 1.165) is 38.8 Å². The SMILES string of the molecule is O=C(Nc1cccc(Cl)c1F)N1CCCCCC1. The maximum Gasteiger partial charge on any atom is 0.321 e. The van der Waals surface area contributed by atoms with Crippen LogP contribution in [-0.2, 0) is 0 Å². The molecule has 0 aromatic heterocycles. The maximum absolute atomic E-state index is 13.6. The van der Waals surface area contributed by atoms with Crippen LogP contribution in [0.3, 0.4) is 0 Å². The second-order valence-corrected chi connectivity index (χ2v) is 4.84. The summed E-state index contributed by atoms with van der Waals surface area (Å²) in [6, 6.07) is 4.33. The summed E-state index contributed by atoms with van der Waals surface area (Å²) < 4.78 is 13.6. The Morgan fingerprint density at radius 2 is 1.89 bits per heavy atom. The largest absolute Gasteiger partial charge is 0.325 e. The molecule has 1 fully saturated rings. The summed E-state index contributed by atoms with van der Waals surface area (Å²) in [5.74, 6) is -0.581. The van der Waals surface area contributed by atoms with Gasteiger partial charge in [0.15, 0.2) is 5.82 Å². The number of halogens is 2. The molecule has 1 aliphatic heterocycles. The summed E-state index contributed by atoms with van der Waals surface area (Å²) in [5.41, 5.74) is 0.136.